The van der Waals surface area contributed by atoms with Gasteiger partial charge in [0.2, 0.25) is 0 Å². The zero-order valence-electron chi connectivity index (χ0n) is 10.6. The first-order chi connectivity index (χ1) is 7.03. The van der Waals surface area contributed by atoms with Crippen LogP contribution in [0.15, 0.2) is 0 Å². The van der Waals surface area contributed by atoms with Gasteiger partial charge in [-0.2, -0.15) is 0 Å². The molecule has 0 spiro atoms. The van der Waals surface area contributed by atoms with Crippen molar-refractivity contribution in [3.05, 3.63) is 0 Å². The third-order valence-electron chi connectivity index (χ3n) is 3.36. The Balaban J connectivity index is 2.64. The first-order valence-corrected chi connectivity index (χ1v) is 5.99. The molecule has 1 aliphatic carbocycles. The van der Waals surface area contributed by atoms with E-state index >= 15 is 0 Å². The second-order valence-corrected chi connectivity index (χ2v) is 5.32. The molecule has 1 atom stereocenters. The highest BCUT2D eigenvalue weighted by Crippen LogP contribution is 2.32. The van der Waals surface area contributed by atoms with E-state index in [0.29, 0.717) is 19.2 Å². The van der Waals surface area contributed by atoms with Gasteiger partial charge < -0.3 is 10.5 Å². The summed E-state index contributed by atoms with van der Waals surface area (Å²) in [7, 11) is 1.75. The highest BCUT2D eigenvalue weighted by molar-refractivity contribution is 4.92. The van der Waals surface area contributed by atoms with Gasteiger partial charge in [0.05, 0.1) is 12.1 Å². The Morgan fingerprint density at radius 1 is 1.47 bits per heavy atom. The number of nitrogens with two attached hydrogens (primary N) is 1. The molecule has 0 amide bonds. The number of hydrogen-bond acceptors (Lipinski definition) is 3. The zero-order valence-corrected chi connectivity index (χ0v) is 10.6. The van der Waals surface area contributed by atoms with Crippen LogP contribution in [0.2, 0.25) is 0 Å². The molecule has 1 rings (SSSR count). The normalized spacial score (nSPS) is 21.0. The topological polar surface area (TPSA) is 38.5 Å². The van der Waals surface area contributed by atoms with Crippen molar-refractivity contribution in [3.8, 4) is 0 Å². The van der Waals surface area contributed by atoms with Crippen molar-refractivity contribution in [2.45, 2.75) is 45.2 Å². The lowest BCUT2D eigenvalue weighted by Gasteiger charge is -2.43. The van der Waals surface area contributed by atoms with E-state index in [2.05, 4.69) is 25.7 Å². The molecule has 0 aliphatic heterocycles. The summed E-state index contributed by atoms with van der Waals surface area (Å²) in [5.74, 6) is 0.898. The number of nitrogens with zero attached hydrogens (tertiary/aromatic N) is 1. The first kappa shape index (κ1) is 12.9. The summed E-state index contributed by atoms with van der Waals surface area (Å²) in [5, 5.41) is 0. The molecular weight excluding hydrogens is 188 g/mol. The van der Waals surface area contributed by atoms with Crippen LogP contribution < -0.4 is 5.73 Å². The van der Waals surface area contributed by atoms with Crippen LogP contribution in [0.3, 0.4) is 0 Å². The van der Waals surface area contributed by atoms with Crippen LogP contribution in [-0.2, 0) is 4.74 Å². The first-order valence-electron chi connectivity index (χ1n) is 5.99. The highest BCUT2D eigenvalue weighted by Gasteiger charge is 2.36. The standard InChI is InChI=1S/C12H26N2O/c1-10(2)14(7-11-5-6-11)12(3,8-13)9-15-4/h10-11H,5-9,13H2,1-4H3. The molecule has 1 fully saturated rings. The van der Waals surface area contributed by atoms with E-state index in [1.54, 1.807) is 7.11 Å². The second kappa shape index (κ2) is 5.28. The van der Waals surface area contributed by atoms with Crippen molar-refractivity contribution in [1.82, 2.24) is 4.90 Å². The van der Waals surface area contributed by atoms with Crippen LogP contribution >= 0.6 is 0 Å². The van der Waals surface area contributed by atoms with Crippen LogP contribution in [0, 0.1) is 5.92 Å². The van der Waals surface area contributed by atoms with Crippen molar-refractivity contribution in [3.63, 3.8) is 0 Å². The van der Waals surface area contributed by atoms with Gasteiger partial charge in [0.15, 0.2) is 0 Å². The quantitative estimate of drug-likeness (QED) is 0.697. The van der Waals surface area contributed by atoms with Gasteiger partial charge in [-0.05, 0) is 39.5 Å². The van der Waals surface area contributed by atoms with Crippen LogP contribution in [-0.4, -0.2) is 43.3 Å². The Labute approximate surface area is 94.0 Å². The number of methoxy groups -OCH3 is 1. The smallest absolute Gasteiger partial charge is 0.0656 e. The van der Waals surface area contributed by atoms with E-state index in [0.717, 1.165) is 5.92 Å². The molecule has 3 heteroatoms. The molecule has 0 bridgehead atoms. The molecule has 0 aromatic carbocycles. The van der Waals surface area contributed by atoms with Crippen molar-refractivity contribution < 1.29 is 4.74 Å². The van der Waals surface area contributed by atoms with Gasteiger partial charge >= 0.3 is 0 Å². The summed E-state index contributed by atoms with van der Waals surface area (Å²) in [4.78, 5) is 2.51. The van der Waals surface area contributed by atoms with Crippen molar-refractivity contribution in [2.75, 3.05) is 26.8 Å². The maximum Gasteiger partial charge on any atom is 0.0656 e. The lowest BCUT2D eigenvalue weighted by atomic mass is 9.98. The van der Waals surface area contributed by atoms with Crippen LogP contribution in [0.1, 0.15) is 33.6 Å². The second-order valence-electron chi connectivity index (χ2n) is 5.32. The van der Waals surface area contributed by atoms with Gasteiger partial charge in [0, 0.05) is 26.2 Å². The van der Waals surface area contributed by atoms with Gasteiger partial charge in [-0.1, -0.05) is 0 Å². The van der Waals surface area contributed by atoms with Crippen LogP contribution in [0.4, 0.5) is 0 Å². The molecule has 2 N–H and O–H groups in total. The van der Waals surface area contributed by atoms with Gasteiger partial charge in [0.25, 0.3) is 0 Å². The minimum Gasteiger partial charge on any atom is -0.383 e. The largest absolute Gasteiger partial charge is 0.383 e. The van der Waals surface area contributed by atoms with E-state index in [1.807, 2.05) is 0 Å². The molecule has 1 aliphatic rings. The van der Waals surface area contributed by atoms with Crippen LogP contribution in [0.5, 0.6) is 0 Å². The maximum absolute atomic E-state index is 5.91. The number of ether oxygens (including phenoxy) is 1. The average molecular weight is 214 g/mol. The number of rotatable bonds is 7. The molecule has 3 nitrogen and oxygen atoms in total. The van der Waals surface area contributed by atoms with E-state index in [4.69, 9.17) is 10.5 Å². The van der Waals surface area contributed by atoms with Crippen molar-refractivity contribution in [1.29, 1.82) is 0 Å². The number of hydrogen-bond donors (Lipinski definition) is 1. The SMILES string of the molecule is COCC(C)(CN)N(CC1CC1)C(C)C. The summed E-state index contributed by atoms with van der Waals surface area (Å²) in [6.07, 6.45) is 2.77. The monoisotopic (exact) mass is 214 g/mol. The van der Waals surface area contributed by atoms with Gasteiger partial charge in [-0.15, -0.1) is 0 Å². The van der Waals surface area contributed by atoms with E-state index in [-0.39, 0.29) is 5.54 Å². The van der Waals surface area contributed by atoms with Crippen molar-refractivity contribution >= 4 is 0 Å². The summed E-state index contributed by atoms with van der Waals surface area (Å²) in [6.45, 7) is 9.24. The van der Waals surface area contributed by atoms with Gasteiger partial charge in [-0.3, -0.25) is 4.90 Å². The van der Waals surface area contributed by atoms with E-state index < -0.39 is 0 Å². The summed E-state index contributed by atoms with van der Waals surface area (Å²) in [6, 6.07) is 0.536. The minimum atomic E-state index is -0.00843. The lowest BCUT2D eigenvalue weighted by Crippen LogP contribution is -2.57. The third-order valence-corrected chi connectivity index (χ3v) is 3.36. The molecule has 0 aromatic heterocycles. The Kier molecular flexibility index (Phi) is 4.56. The zero-order chi connectivity index (χ0) is 11.5. The van der Waals surface area contributed by atoms with Gasteiger partial charge in [0.1, 0.15) is 0 Å². The summed E-state index contributed by atoms with van der Waals surface area (Å²) < 4.78 is 5.31. The minimum absolute atomic E-state index is 0.00843. The maximum atomic E-state index is 5.91. The Morgan fingerprint density at radius 2 is 2.07 bits per heavy atom. The summed E-state index contributed by atoms with van der Waals surface area (Å²) >= 11 is 0. The predicted molar refractivity (Wildman–Crippen MR) is 63.9 cm³/mol. The average Bonchev–Trinajstić information content (AvgIpc) is 2.97. The Morgan fingerprint density at radius 3 is 2.40 bits per heavy atom. The summed E-state index contributed by atoms with van der Waals surface area (Å²) in [5.41, 5.74) is 5.90. The van der Waals surface area contributed by atoms with Gasteiger partial charge in [-0.25, -0.2) is 0 Å². The molecule has 1 saturated carbocycles. The molecule has 90 valence electrons. The Bertz CT molecular complexity index is 192. The predicted octanol–water partition coefficient (Wildman–Crippen LogP) is 1.47. The molecule has 0 aromatic rings. The van der Waals surface area contributed by atoms with Crippen molar-refractivity contribution in [2.24, 2.45) is 11.7 Å². The highest BCUT2D eigenvalue weighted by atomic mass is 16.5. The molecule has 15 heavy (non-hydrogen) atoms. The van der Waals surface area contributed by atoms with E-state index in [9.17, 15) is 0 Å². The van der Waals surface area contributed by atoms with Crippen LogP contribution in [0.25, 0.3) is 0 Å². The fourth-order valence-corrected chi connectivity index (χ4v) is 2.20. The fraction of sp³-hybridized carbons (Fsp3) is 1.00. The molecular formula is C12H26N2O. The molecule has 0 radical (unpaired) electrons. The lowest BCUT2D eigenvalue weighted by molar-refractivity contribution is 0.00464. The molecule has 1 unspecified atom stereocenters. The van der Waals surface area contributed by atoms with E-state index in [1.165, 1.54) is 19.4 Å². The molecule has 0 saturated heterocycles. The Hall–Kier alpha value is -0.120. The molecule has 0 heterocycles. The third kappa shape index (κ3) is 3.44. The fourth-order valence-electron chi connectivity index (χ4n) is 2.20.